The lowest BCUT2D eigenvalue weighted by Gasteiger charge is -2.31. The number of aromatic nitrogens is 5. The highest BCUT2D eigenvalue weighted by atomic mass is 15.3. The molecular weight excluding hydrogens is 1410 g/mol. The Balaban J connectivity index is 0.000000349. The molecule has 9 rings (SSSR count). The van der Waals surface area contributed by atoms with Gasteiger partial charge in [0.25, 0.3) is 0 Å². The standard InChI is InChI=1S/C19H35N3.C17H27N3.C15H33N3.C15H27N3.C11H19N3.C9H21N3.C7H11N3/c1-14(2)21(15(3)4)12-18-10-9-11-19(20-18)13-22(16(5)6)17(7)8;1-3-10-19(11-4-1)14-16-8-7-9-17(18-16)15-20-12-5-2-6-13-20;1-13(2)16-7-9-17(14(3)4)11-12-18(10-8-16)15(5)6;1-5-17(6-2)12-14-10-9-11-15(16-14)13-18(7-3)8-4;1-13(2)8-10-6-5-7-11(12-10)9-14(3)4;1-10-4-6-11(2)8-9-12(3)7-5-10;8-4-6-2-1-3-7(5-9)10-6/h9-11,14-17H,12-13H2,1-8H3;7-9H,1-6,10-15H2;13-15H,7-12H2,1-6H3;9-11H,5-8,12-13H2,1-4H3;5-7H,8-9H2,1-4H3;4-9H2,1-3H3;1-3H,4-5,8-9H2. The SMILES string of the molecule is CC(C)N(Cc1cccc(CN(C(C)C)C(C)C)n1)C(C)C.CC(C)N1CCN(C(C)C)CCN(C(C)C)CC1.CCN(CC)Cc1cccc(CN(CC)CC)n1.CN(C)Cc1cccc(CN(C)C)n1.CN1CCN(C)CCN(C)CC1.NCc1cccc(CN)n1.c1cc(CN2CCCCC2)nc(CN2CCCCC2)c1. The Kier molecular flexibility index (Phi) is 54.1. The second-order valence-corrected chi connectivity index (χ2v) is 34.6. The molecule has 0 bridgehead atoms. The Hall–Kier alpha value is -4.89. The summed E-state index contributed by atoms with van der Waals surface area (Å²) in [5.74, 6) is 0. The van der Waals surface area contributed by atoms with Gasteiger partial charge >= 0.3 is 0 Å². The summed E-state index contributed by atoms with van der Waals surface area (Å²) < 4.78 is 0. The predicted octanol–water partition coefficient (Wildman–Crippen LogP) is 13.3. The normalized spacial score (nSPS) is 16.7. The summed E-state index contributed by atoms with van der Waals surface area (Å²) in [7, 11) is 14.8. The lowest BCUT2D eigenvalue weighted by Crippen LogP contribution is -2.41. The first kappa shape index (κ1) is 103. The van der Waals surface area contributed by atoms with E-state index in [2.05, 4.69) is 325 Å². The molecule has 0 atom stereocenters. The van der Waals surface area contributed by atoms with Crippen LogP contribution in [0, 0.1) is 0 Å². The van der Waals surface area contributed by atoms with Crippen molar-refractivity contribution in [3.05, 3.63) is 148 Å². The van der Waals surface area contributed by atoms with Gasteiger partial charge in [0.1, 0.15) is 0 Å². The van der Waals surface area contributed by atoms with Crippen LogP contribution in [0.1, 0.15) is 220 Å². The molecule has 650 valence electrons. The van der Waals surface area contributed by atoms with Crippen molar-refractivity contribution in [3.63, 3.8) is 0 Å². The van der Waals surface area contributed by atoms with Crippen LogP contribution in [0.15, 0.2) is 91.0 Å². The molecule has 4 aliphatic heterocycles. The zero-order chi connectivity index (χ0) is 84.5. The van der Waals surface area contributed by atoms with Crippen LogP contribution in [0.25, 0.3) is 0 Å². The molecule has 4 aliphatic rings. The third-order valence-electron chi connectivity index (χ3n) is 22.1. The predicted molar refractivity (Wildman–Crippen MR) is 488 cm³/mol. The van der Waals surface area contributed by atoms with Crippen molar-refractivity contribution in [2.75, 3.05) is 180 Å². The fourth-order valence-electron chi connectivity index (χ4n) is 14.6. The zero-order valence-corrected chi connectivity index (χ0v) is 77.8. The van der Waals surface area contributed by atoms with Gasteiger partial charge in [0.15, 0.2) is 0 Å². The quantitative estimate of drug-likeness (QED) is 0.0465. The number of rotatable bonds is 29. The van der Waals surface area contributed by atoms with E-state index in [9.17, 15) is 0 Å². The minimum Gasteiger partial charge on any atom is -0.325 e. The van der Waals surface area contributed by atoms with E-state index in [0.29, 0.717) is 55.4 Å². The van der Waals surface area contributed by atoms with E-state index in [0.717, 1.165) is 101 Å². The third kappa shape index (κ3) is 45.3. The molecular formula is C93H173N21. The van der Waals surface area contributed by atoms with Crippen LogP contribution < -0.4 is 11.5 Å². The Morgan fingerprint density at radius 2 is 0.509 bits per heavy atom. The summed E-state index contributed by atoms with van der Waals surface area (Å²) in [5, 5.41) is 0. The Labute approximate surface area is 700 Å². The fourth-order valence-corrected chi connectivity index (χ4v) is 14.6. The molecule has 114 heavy (non-hydrogen) atoms. The van der Waals surface area contributed by atoms with Crippen molar-refractivity contribution in [2.45, 2.75) is 271 Å². The number of piperidine rings is 2. The smallest absolute Gasteiger partial charge is 0.0548 e. The summed E-state index contributed by atoms with van der Waals surface area (Å²) in [6.07, 6.45) is 8.22. The molecule has 0 saturated carbocycles. The van der Waals surface area contributed by atoms with Gasteiger partial charge in [0, 0.05) is 186 Å². The highest BCUT2D eigenvalue weighted by molar-refractivity contribution is 5.15. The van der Waals surface area contributed by atoms with Crippen LogP contribution in [0.4, 0.5) is 0 Å². The summed E-state index contributed by atoms with van der Waals surface area (Å²) in [4.78, 5) is 57.4. The first-order valence-corrected chi connectivity index (χ1v) is 44.5. The Morgan fingerprint density at radius 1 is 0.289 bits per heavy atom. The number of nitrogens with two attached hydrogens (primary N) is 2. The summed E-state index contributed by atoms with van der Waals surface area (Å²) in [5.41, 5.74) is 22.0. The molecule has 0 radical (unpaired) electrons. The molecule has 5 aromatic rings. The van der Waals surface area contributed by atoms with Gasteiger partial charge in [0.2, 0.25) is 0 Å². The molecule has 21 nitrogen and oxygen atoms in total. The highest BCUT2D eigenvalue weighted by Crippen LogP contribution is 2.19. The molecule has 0 unspecified atom stereocenters. The summed E-state index contributed by atoms with van der Waals surface area (Å²) in [6.45, 7) is 73.1. The maximum atomic E-state index is 5.37. The number of pyridine rings is 5. The average molecular weight is 1590 g/mol. The van der Waals surface area contributed by atoms with Gasteiger partial charge in [-0.05, 0) is 285 Å². The molecule has 0 aliphatic carbocycles. The van der Waals surface area contributed by atoms with Gasteiger partial charge in [-0.25, -0.2) is 0 Å². The largest absolute Gasteiger partial charge is 0.325 e. The summed E-state index contributed by atoms with van der Waals surface area (Å²) in [6, 6.07) is 35.4. The van der Waals surface area contributed by atoms with Crippen LogP contribution in [-0.2, 0) is 65.4 Å². The van der Waals surface area contributed by atoms with Crippen molar-refractivity contribution < 1.29 is 0 Å². The number of nitrogens with zero attached hydrogens (tertiary/aromatic N) is 19. The third-order valence-corrected chi connectivity index (χ3v) is 22.1. The van der Waals surface area contributed by atoms with E-state index in [-0.39, 0.29) is 0 Å². The van der Waals surface area contributed by atoms with Gasteiger partial charge in [-0.3, -0.25) is 69.0 Å². The zero-order valence-electron chi connectivity index (χ0n) is 77.8. The Morgan fingerprint density at radius 3 is 0.737 bits per heavy atom. The van der Waals surface area contributed by atoms with E-state index in [1.807, 2.05) is 18.2 Å². The molecule has 4 fully saturated rings. The topological polar surface area (TPSA) is 162 Å². The summed E-state index contributed by atoms with van der Waals surface area (Å²) >= 11 is 0. The van der Waals surface area contributed by atoms with Crippen LogP contribution >= 0.6 is 0 Å². The van der Waals surface area contributed by atoms with E-state index in [1.54, 1.807) is 0 Å². The number of hydrogen-bond donors (Lipinski definition) is 2. The van der Waals surface area contributed by atoms with E-state index in [4.69, 9.17) is 26.4 Å². The molecule has 4 N–H and O–H groups in total. The molecule has 5 aromatic heterocycles. The second kappa shape index (κ2) is 59.7. The minimum atomic E-state index is 0.480. The van der Waals surface area contributed by atoms with Gasteiger partial charge < -0.3 is 36.0 Å². The molecule has 0 aromatic carbocycles. The molecule has 9 heterocycles. The first-order valence-electron chi connectivity index (χ1n) is 44.5. The van der Waals surface area contributed by atoms with Gasteiger partial charge in [-0.2, -0.15) is 0 Å². The maximum absolute atomic E-state index is 5.37. The van der Waals surface area contributed by atoms with Crippen molar-refractivity contribution in [1.29, 1.82) is 0 Å². The monoisotopic (exact) mass is 1580 g/mol. The molecule has 0 amide bonds. The van der Waals surface area contributed by atoms with Crippen molar-refractivity contribution in [2.24, 2.45) is 11.5 Å². The first-order chi connectivity index (χ1) is 54.4. The highest BCUT2D eigenvalue weighted by Gasteiger charge is 2.23. The molecule has 21 heteroatoms. The lowest BCUT2D eigenvalue weighted by molar-refractivity contribution is 0.159. The maximum Gasteiger partial charge on any atom is 0.0548 e. The van der Waals surface area contributed by atoms with Crippen molar-refractivity contribution in [1.82, 2.24) is 93.5 Å². The fraction of sp³-hybridized carbons (Fsp3) is 0.731. The number of likely N-dealkylation sites (N-methyl/N-ethyl adjacent to an activating group) is 3. The van der Waals surface area contributed by atoms with Crippen LogP contribution in [0.2, 0.25) is 0 Å². The van der Waals surface area contributed by atoms with Crippen LogP contribution in [-0.4, -0.2) is 316 Å². The number of hydrogen-bond acceptors (Lipinski definition) is 21. The van der Waals surface area contributed by atoms with E-state index < -0.39 is 0 Å². The van der Waals surface area contributed by atoms with Gasteiger partial charge in [-0.15, -0.1) is 0 Å². The Bertz CT molecular complexity index is 2910. The lowest BCUT2D eigenvalue weighted by atomic mass is 10.1. The van der Waals surface area contributed by atoms with Crippen molar-refractivity contribution >= 4 is 0 Å². The number of likely N-dealkylation sites (tertiary alicyclic amines) is 2. The van der Waals surface area contributed by atoms with E-state index >= 15 is 0 Å². The van der Waals surface area contributed by atoms with Crippen LogP contribution in [0.5, 0.6) is 0 Å². The molecule has 4 saturated heterocycles. The molecule has 0 spiro atoms. The van der Waals surface area contributed by atoms with Gasteiger partial charge in [-0.1, -0.05) is 70.9 Å². The van der Waals surface area contributed by atoms with Crippen molar-refractivity contribution in [3.8, 4) is 0 Å². The van der Waals surface area contributed by atoms with Crippen LogP contribution in [0.3, 0.4) is 0 Å². The average Bonchev–Trinajstić information content (AvgIpc) is 0.995. The van der Waals surface area contributed by atoms with Gasteiger partial charge in [0.05, 0.1) is 56.9 Å². The van der Waals surface area contributed by atoms with E-state index in [1.165, 1.54) is 177 Å². The second-order valence-electron chi connectivity index (χ2n) is 34.6. The minimum absolute atomic E-state index is 0.480.